The number of hydrogen-bond acceptors (Lipinski definition) is 4. The molecule has 3 rings (SSSR count). The van der Waals surface area contributed by atoms with E-state index < -0.39 is 0 Å². The molecule has 148 valence electrons. The van der Waals surface area contributed by atoms with Crippen LogP contribution in [0.4, 0.5) is 0 Å². The maximum atomic E-state index is 12.6. The van der Waals surface area contributed by atoms with Crippen LogP contribution >= 0.6 is 0 Å². The van der Waals surface area contributed by atoms with Crippen molar-refractivity contribution < 1.29 is 9.59 Å². The molecule has 0 N–H and O–H groups in total. The first kappa shape index (κ1) is 19.8. The van der Waals surface area contributed by atoms with Gasteiger partial charge in [-0.15, -0.1) is 0 Å². The van der Waals surface area contributed by atoms with Gasteiger partial charge in [-0.3, -0.25) is 19.4 Å². The first-order valence-corrected chi connectivity index (χ1v) is 10.0. The number of rotatable bonds is 5. The molecule has 0 radical (unpaired) electrons. The fourth-order valence-corrected chi connectivity index (χ4v) is 3.98. The van der Waals surface area contributed by atoms with Crippen LogP contribution in [0.5, 0.6) is 0 Å². The van der Waals surface area contributed by atoms with Gasteiger partial charge in [0.15, 0.2) is 0 Å². The molecule has 1 aromatic carbocycles. The van der Waals surface area contributed by atoms with Crippen molar-refractivity contribution in [1.29, 1.82) is 0 Å². The molecular weight excluding hydrogens is 340 g/mol. The van der Waals surface area contributed by atoms with Crippen LogP contribution in [0.2, 0.25) is 0 Å². The number of piperazine rings is 1. The van der Waals surface area contributed by atoms with Crippen LogP contribution in [0.3, 0.4) is 0 Å². The molecule has 27 heavy (non-hydrogen) atoms. The van der Waals surface area contributed by atoms with E-state index in [0.29, 0.717) is 19.6 Å². The smallest absolute Gasteiger partial charge is 0.236 e. The van der Waals surface area contributed by atoms with Gasteiger partial charge in [-0.25, -0.2) is 0 Å². The van der Waals surface area contributed by atoms with Crippen molar-refractivity contribution in [2.45, 2.75) is 19.4 Å². The highest BCUT2D eigenvalue weighted by molar-refractivity contribution is 5.80. The minimum atomic E-state index is 0.0746. The summed E-state index contributed by atoms with van der Waals surface area (Å²) in [5, 5.41) is 0. The molecule has 6 nitrogen and oxygen atoms in total. The summed E-state index contributed by atoms with van der Waals surface area (Å²) in [6.45, 7) is 6.78. The van der Waals surface area contributed by atoms with Gasteiger partial charge in [0.25, 0.3) is 0 Å². The van der Waals surface area contributed by atoms with Gasteiger partial charge in [0.1, 0.15) is 0 Å². The van der Waals surface area contributed by atoms with Gasteiger partial charge in [0, 0.05) is 65.8 Å². The fraction of sp³-hybridized carbons (Fsp3) is 0.619. The molecule has 2 saturated heterocycles. The molecule has 6 heteroatoms. The summed E-state index contributed by atoms with van der Waals surface area (Å²) >= 11 is 0. The third kappa shape index (κ3) is 5.53. The van der Waals surface area contributed by atoms with E-state index in [-0.39, 0.29) is 17.7 Å². The van der Waals surface area contributed by atoms with E-state index in [0.717, 1.165) is 45.6 Å². The number of carbonyl (C=O) groups is 2. The van der Waals surface area contributed by atoms with Gasteiger partial charge >= 0.3 is 0 Å². The lowest BCUT2D eigenvalue weighted by atomic mass is 9.95. The Morgan fingerprint density at radius 1 is 0.926 bits per heavy atom. The summed E-state index contributed by atoms with van der Waals surface area (Å²) in [6, 6.07) is 10.5. The SMILES string of the molecule is CN(C)C(=O)C1CCN(C(=O)CN2CCN(Cc3ccccc3)CC2)CC1. The van der Waals surface area contributed by atoms with Crippen LogP contribution in [0.15, 0.2) is 30.3 Å². The Kier molecular flexibility index (Phi) is 6.85. The predicted molar refractivity (Wildman–Crippen MR) is 106 cm³/mol. The summed E-state index contributed by atoms with van der Waals surface area (Å²) in [5.74, 6) is 0.476. The van der Waals surface area contributed by atoms with Gasteiger partial charge in [-0.1, -0.05) is 30.3 Å². The Morgan fingerprint density at radius 2 is 1.52 bits per heavy atom. The highest BCUT2D eigenvalue weighted by Gasteiger charge is 2.29. The summed E-state index contributed by atoms with van der Waals surface area (Å²) in [6.07, 6.45) is 1.57. The van der Waals surface area contributed by atoms with Crippen molar-refractivity contribution in [3.8, 4) is 0 Å². The van der Waals surface area contributed by atoms with E-state index in [1.807, 2.05) is 11.0 Å². The summed E-state index contributed by atoms with van der Waals surface area (Å²) in [7, 11) is 3.61. The monoisotopic (exact) mass is 372 g/mol. The zero-order chi connectivity index (χ0) is 19.2. The maximum absolute atomic E-state index is 12.6. The Labute approximate surface area is 162 Å². The number of amides is 2. The van der Waals surface area contributed by atoms with Crippen molar-refractivity contribution in [2.75, 3.05) is 59.9 Å². The number of piperidine rings is 1. The molecule has 2 aliphatic rings. The number of likely N-dealkylation sites (tertiary alicyclic amines) is 1. The predicted octanol–water partition coefficient (Wildman–Crippen LogP) is 1.13. The topological polar surface area (TPSA) is 47.1 Å². The largest absolute Gasteiger partial charge is 0.349 e. The lowest BCUT2D eigenvalue weighted by molar-refractivity contribution is -0.139. The second kappa shape index (κ2) is 9.33. The molecule has 0 unspecified atom stereocenters. The second-order valence-corrected chi connectivity index (χ2v) is 7.93. The lowest BCUT2D eigenvalue weighted by Crippen LogP contribution is -2.51. The molecule has 2 amide bonds. The van der Waals surface area contributed by atoms with Crippen LogP contribution in [-0.2, 0) is 16.1 Å². The van der Waals surface area contributed by atoms with E-state index in [1.54, 1.807) is 19.0 Å². The maximum Gasteiger partial charge on any atom is 0.236 e. The quantitative estimate of drug-likeness (QED) is 0.777. The number of hydrogen-bond donors (Lipinski definition) is 0. The highest BCUT2D eigenvalue weighted by Crippen LogP contribution is 2.19. The van der Waals surface area contributed by atoms with Crippen LogP contribution in [0, 0.1) is 5.92 Å². The minimum Gasteiger partial charge on any atom is -0.349 e. The van der Waals surface area contributed by atoms with E-state index in [1.165, 1.54) is 5.56 Å². The molecule has 2 fully saturated rings. The number of nitrogens with zero attached hydrogens (tertiary/aromatic N) is 4. The molecule has 0 aliphatic carbocycles. The molecule has 0 saturated carbocycles. The zero-order valence-corrected chi connectivity index (χ0v) is 16.6. The Morgan fingerprint density at radius 3 is 2.11 bits per heavy atom. The third-order valence-corrected chi connectivity index (χ3v) is 5.71. The molecule has 2 aliphatic heterocycles. The van der Waals surface area contributed by atoms with Crippen LogP contribution in [0.1, 0.15) is 18.4 Å². The van der Waals surface area contributed by atoms with E-state index in [2.05, 4.69) is 34.1 Å². The van der Waals surface area contributed by atoms with Gasteiger partial charge < -0.3 is 9.80 Å². The van der Waals surface area contributed by atoms with E-state index in [9.17, 15) is 9.59 Å². The Balaban J connectivity index is 1.38. The first-order chi connectivity index (χ1) is 13.0. The van der Waals surface area contributed by atoms with Crippen LogP contribution < -0.4 is 0 Å². The fourth-order valence-electron chi connectivity index (χ4n) is 3.98. The van der Waals surface area contributed by atoms with Crippen molar-refractivity contribution >= 4 is 11.8 Å². The Bertz CT molecular complexity index is 618. The summed E-state index contributed by atoms with van der Waals surface area (Å²) < 4.78 is 0. The van der Waals surface area contributed by atoms with Crippen LogP contribution in [0.25, 0.3) is 0 Å². The van der Waals surface area contributed by atoms with Gasteiger partial charge in [0.05, 0.1) is 6.54 Å². The minimum absolute atomic E-state index is 0.0746. The molecular formula is C21H32N4O2. The number of carbonyl (C=O) groups excluding carboxylic acids is 2. The molecule has 0 atom stereocenters. The summed E-state index contributed by atoms with van der Waals surface area (Å²) in [5.41, 5.74) is 1.34. The second-order valence-electron chi connectivity index (χ2n) is 7.93. The number of benzene rings is 1. The van der Waals surface area contributed by atoms with Crippen molar-refractivity contribution in [3.05, 3.63) is 35.9 Å². The lowest BCUT2D eigenvalue weighted by Gasteiger charge is -2.37. The van der Waals surface area contributed by atoms with Crippen LogP contribution in [-0.4, -0.2) is 91.3 Å². The molecule has 0 bridgehead atoms. The first-order valence-electron chi connectivity index (χ1n) is 10.0. The molecule has 1 aromatic rings. The van der Waals surface area contributed by atoms with Crippen molar-refractivity contribution in [2.24, 2.45) is 5.92 Å². The molecule has 2 heterocycles. The average molecular weight is 373 g/mol. The molecule has 0 spiro atoms. The van der Waals surface area contributed by atoms with E-state index >= 15 is 0 Å². The molecule has 0 aromatic heterocycles. The average Bonchev–Trinajstić information content (AvgIpc) is 2.69. The Hall–Kier alpha value is -1.92. The van der Waals surface area contributed by atoms with Gasteiger partial charge in [-0.2, -0.15) is 0 Å². The van der Waals surface area contributed by atoms with Crippen molar-refractivity contribution in [3.63, 3.8) is 0 Å². The standard InChI is InChI=1S/C21H32N4O2/c1-22(2)21(27)19-8-10-25(11-9-19)20(26)17-24-14-12-23(13-15-24)16-18-6-4-3-5-7-18/h3-7,19H,8-17H2,1-2H3. The van der Waals surface area contributed by atoms with Crippen molar-refractivity contribution in [1.82, 2.24) is 19.6 Å². The third-order valence-electron chi connectivity index (χ3n) is 5.71. The van der Waals surface area contributed by atoms with E-state index in [4.69, 9.17) is 0 Å². The normalized spacial score (nSPS) is 19.9. The van der Waals surface area contributed by atoms with Gasteiger partial charge in [0.2, 0.25) is 11.8 Å². The highest BCUT2D eigenvalue weighted by atomic mass is 16.2. The zero-order valence-electron chi connectivity index (χ0n) is 16.6. The summed E-state index contributed by atoms with van der Waals surface area (Å²) in [4.78, 5) is 33.0. The van der Waals surface area contributed by atoms with Gasteiger partial charge in [-0.05, 0) is 18.4 Å².